The van der Waals surface area contributed by atoms with Crippen LogP contribution in [0.4, 0.5) is 0 Å². The van der Waals surface area contributed by atoms with Gasteiger partial charge in [-0.05, 0) is 42.7 Å². The average molecular weight is 330 g/mol. The van der Waals surface area contributed by atoms with E-state index in [1.165, 1.54) is 61.7 Å². The predicted octanol–water partition coefficient (Wildman–Crippen LogP) is 4.56. The van der Waals surface area contributed by atoms with Gasteiger partial charge in [0.15, 0.2) is 12.4 Å². The molecule has 0 bridgehead atoms. The van der Waals surface area contributed by atoms with Crippen LogP contribution in [-0.2, 0) is 11.3 Å². The predicted molar refractivity (Wildman–Crippen MR) is 92.8 cm³/mol. The highest BCUT2D eigenvalue weighted by Gasteiger charge is 2.25. The molecule has 0 amide bonds. The Hall–Kier alpha value is -1.68. The number of methoxy groups -OCH3 is 1. The molecule has 0 aliphatic heterocycles. The Morgan fingerprint density at radius 1 is 1.26 bits per heavy atom. The normalized spacial score (nSPS) is 15.6. The Bertz CT molecular complexity index is 686. The van der Waals surface area contributed by atoms with Crippen LogP contribution in [0, 0.1) is 0 Å². The van der Waals surface area contributed by atoms with E-state index >= 15 is 0 Å². The second-order valence-electron chi connectivity index (χ2n) is 6.13. The highest BCUT2D eigenvalue weighted by molar-refractivity contribution is 7.12. The van der Waals surface area contributed by atoms with E-state index in [1.54, 1.807) is 0 Å². The molecule has 1 aliphatic carbocycles. The van der Waals surface area contributed by atoms with Crippen LogP contribution in [0.2, 0.25) is 0 Å². The monoisotopic (exact) mass is 330 g/mol. The van der Waals surface area contributed by atoms with Crippen molar-refractivity contribution in [1.29, 1.82) is 0 Å². The molecule has 3 nitrogen and oxygen atoms in total. The summed E-state index contributed by atoms with van der Waals surface area (Å²) in [5, 5.41) is 1.98. The summed E-state index contributed by atoms with van der Waals surface area (Å²) in [4.78, 5) is 12.8. The average Bonchev–Trinajstić information content (AvgIpc) is 3.10. The first-order chi connectivity index (χ1) is 11.2. The van der Waals surface area contributed by atoms with E-state index < -0.39 is 0 Å². The molecule has 0 aromatic carbocycles. The summed E-state index contributed by atoms with van der Waals surface area (Å²) in [5.74, 6) is 0.361. The van der Waals surface area contributed by atoms with Crippen molar-refractivity contribution in [2.24, 2.45) is 0 Å². The Morgan fingerprint density at radius 2 is 2.04 bits per heavy atom. The number of carbonyl (C=O) groups is 1. The van der Waals surface area contributed by atoms with Gasteiger partial charge in [0.2, 0.25) is 0 Å². The van der Waals surface area contributed by atoms with E-state index in [2.05, 4.69) is 36.0 Å². The van der Waals surface area contributed by atoms with E-state index in [4.69, 9.17) is 4.74 Å². The van der Waals surface area contributed by atoms with Crippen LogP contribution in [0.25, 0.3) is 11.1 Å². The number of pyridine rings is 1. The molecule has 0 spiro atoms. The Morgan fingerprint density at radius 3 is 2.74 bits per heavy atom. The van der Waals surface area contributed by atoms with Crippen molar-refractivity contribution in [3.05, 3.63) is 40.3 Å². The van der Waals surface area contributed by atoms with Crippen molar-refractivity contribution in [3.63, 3.8) is 0 Å². The maximum atomic E-state index is 12.1. The molecule has 0 N–H and O–H groups in total. The molecule has 4 heteroatoms. The standard InChI is InChI=1S/C19H24NO2S/c1-3-20-11-9-15(16-10-12-23-18(16)19(21)22-2)17(13-20)14-7-5-4-6-8-14/h9-14H,3-8H2,1-2H3/q+1. The molecule has 2 aromatic rings. The SMILES string of the molecule is CC[n+]1ccc(-c2ccsc2C(=O)OC)c(C2CCCCC2)c1. The molecule has 0 unspecified atom stereocenters. The Labute approximate surface area is 141 Å². The number of esters is 1. The molecule has 1 fully saturated rings. The minimum absolute atomic E-state index is 0.239. The minimum atomic E-state index is -0.239. The number of hydrogen-bond donors (Lipinski definition) is 0. The van der Waals surface area contributed by atoms with Gasteiger partial charge >= 0.3 is 5.97 Å². The number of thiophene rings is 1. The summed E-state index contributed by atoms with van der Waals surface area (Å²) >= 11 is 1.46. The van der Waals surface area contributed by atoms with Gasteiger partial charge in [0.25, 0.3) is 0 Å². The Kier molecular flexibility index (Phi) is 5.11. The van der Waals surface area contributed by atoms with Gasteiger partial charge in [0, 0.05) is 17.2 Å². The maximum absolute atomic E-state index is 12.1. The highest BCUT2D eigenvalue weighted by Crippen LogP contribution is 2.39. The molecule has 0 saturated heterocycles. The molecular formula is C19H24NO2S+. The second-order valence-corrected chi connectivity index (χ2v) is 7.05. The summed E-state index contributed by atoms with van der Waals surface area (Å²) in [7, 11) is 1.45. The third kappa shape index (κ3) is 3.32. The summed E-state index contributed by atoms with van der Waals surface area (Å²) in [5.41, 5.74) is 3.60. The zero-order chi connectivity index (χ0) is 16.2. The molecule has 0 radical (unpaired) electrons. The minimum Gasteiger partial charge on any atom is -0.465 e. The van der Waals surface area contributed by atoms with Crippen molar-refractivity contribution < 1.29 is 14.1 Å². The van der Waals surface area contributed by atoms with Crippen LogP contribution in [-0.4, -0.2) is 13.1 Å². The number of rotatable bonds is 4. The van der Waals surface area contributed by atoms with Gasteiger partial charge in [-0.25, -0.2) is 9.36 Å². The van der Waals surface area contributed by atoms with Gasteiger partial charge in [-0.1, -0.05) is 19.3 Å². The highest BCUT2D eigenvalue weighted by atomic mass is 32.1. The van der Waals surface area contributed by atoms with Crippen LogP contribution in [0.15, 0.2) is 29.9 Å². The first kappa shape index (κ1) is 16.2. The number of carbonyl (C=O) groups excluding carboxylic acids is 1. The molecule has 2 aromatic heterocycles. The van der Waals surface area contributed by atoms with Gasteiger partial charge in [-0.2, -0.15) is 0 Å². The van der Waals surface area contributed by atoms with Crippen molar-refractivity contribution >= 4 is 17.3 Å². The van der Waals surface area contributed by atoms with Crippen molar-refractivity contribution in [2.75, 3.05) is 7.11 Å². The van der Waals surface area contributed by atoms with Gasteiger partial charge in [-0.3, -0.25) is 0 Å². The quantitative estimate of drug-likeness (QED) is 0.608. The van der Waals surface area contributed by atoms with Crippen LogP contribution in [0.5, 0.6) is 0 Å². The van der Waals surface area contributed by atoms with E-state index in [1.807, 2.05) is 5.38 Å². The summed E-state index contributed by atoms with van der Waals surface area (Å²) < 4.78 is 7.19. The van der Waals surface area contributed by atoms with Gasteiger partial charge in [0.1, 0.15) is 11.4 Å². The summed E-state index contributed by atoms with van der Waals surface area (Å²) in [6.07, 6.45) is 10.8. The molecule has 23 heavy (non-hydrogen) atoms. The topological polar surface area (TPSA) is 30.2 Å². The van der Waals surface area contributed by atoms with E-state index in [-0.39, 0.29) is 5.97 Å². The lowest BCUT2D eigenvalue weighted by atomic mass is 9.81. The van der Waals surface area contributed by atoms with Crippen LogP contribution < -0.4 is 4.57 Å². The number of nitrogens with zero attached hydrogens (tertiary/aromatic N) is 1. The third-order valence-corrected chi connectivity index (χ3v) is 5.68. The lowest BCUT2D eigenvalue weighted by Crippen LogP contribution is -2.32. The van der Waals surface area contributed by atoms with E-state index in [9.17, 15) is 4.79 Å². The Balaban J connectivity index is 2.08. The fraction of sp³-hybridized carbons (Fsp3) is 0.474. The fourth-order valence-electron chi connectivity index (χ4n) is 3.51. The zero-order valence-corrected chi connectivity index (χ0v) is 14.7. The molecular weight excluding hydrogens is 306 g/mol. The van der Waals surface area contributed by atoms with Crippen LogP contribution in [0.3, 0.4) is 0 Å². The molecule has 1 saturated carbocycles. The lowest BCUT2D eigenvalue weighted by Gasteiger charge is -2.23. The van der Waals surface area contributed by atoms with Crippen molar-refractivity contribution in [2.45, 2.75) is 51.5 Å². The number of aryl methyl sites for hydroxylation is 1. The number of ether oxygens (including phenoxy) is 1. The molecule has 1 aliphatic rings. The zero-order valence-electron chi connectivity index (χ0n) is 13.9. The maximum Gasteiger partial charge on any atom is 0.348 e. The third-order valence-electron chi connectivity index (χ3n) is 4.78. The molecule has 3 rings (SSSR count). The van der Waals surface area contributed by atoms with Crippen molar-refractivity contribution in [3.8, 4) is 11.1 Å². The largest absolute Gasteiger partial charge is 0.465 e. The van der Waals surface area contributed by atoms with E-state index in [0.717, 1.165) is 12.1 Å². The molecule has 0 atom stereocenters. The fourth-order valence-corrected chi connectivity index (χ4v) is 4.34. The van der Waals surface area contributed by atoms with Crippen molar-refractivity contribution in [1.82, 2.24) is 0 Å². The second kappa shape index (κ2) is 7.26. The van der Waals surface area contributed by atoms with Crippen LogP contribution in [0.1, 0.15) is 60.2 Å². The van der Waals surface area contributed by atoms with Gasteiger partial charge in [0.05, 0.1) is 7.11 Å². The summed E-state index contributed by atoms with van der Waals surface area (Å²) in [6.45, 7) is 3.13. The van der Waals surface area contributed by atoms with Gasteiger partial charge in [-0.15, -0.1) is 11.3 Å². The first-order valence-electron chi connectivity index (χ1n) is 8.43. The van der Waals surface area contributed by atoms with E-state index in [0.29, 0.717) is 10.8 Å². The number of aromatic nitrogens is 1. The van der Waals surface area contributed by atoms with Crippen LogP contribution >= 0.6 is 11.3 Å². The van der Waals surface area contributed by atoms with Gasteiger partial charge < -0.3 is 4.74 Å². The first-order valence-corrected chi connectivity index (χ1v) is 9.31. The summed E-state index contributed by atoms with van der Waals surface area (Å²) in [6, 6.07) is 4.22. The number of hydrogen-bond acceptors (Lipinski definition) is 3. The smallest absolute Gasteiger partial charge is 0.348 e. The lowest BCUT2D eigenvalue weighted by molar-refractivity contribution is -0.693. The molecule has 122 valence electrons. The molecule has 2 heterocycles.